The minimum absolute atomic E-state index is 0.0974. The van der Waals surface area contributed by atoms with Gasteiger partial charge in [-0.15, -0.1) is 0 Å². The predicted molar refractivity (Wildman–Crippen MR) is 92.4 cm³/mol. The second-order valence-corrected chi connectivity index (χ2v) is 6.34. The van der Waals surface area contributed by atoms with Crippen molar-refractivity contribution in [3.63, 3.8) is 0 Å². The molecule has 25 heavy (non-hydrogen) atoms. The largest absolute Gasteiger partial charge is 0.480 e. The van der Waals surface area contributed by atoms with Gasteiger partial charge in [-0.2, -0.15) is 0 Å². The van der Waals surface area contributed by atoms with Crippen LogP contribution in [0.15, 0.2) is 24.3 Å². The molecule has 1 aromatic carbocycles. The highest BCUT2D eigenvalue weighted by molar-refractivity contribution is 5.97. The van der Waals surface area contributed by atoms with Gasteiger partial charge < -0.3 is 20.5 Å². The molecule has 3 atom stereocenters. The first-order chi connectivity index (χ1) is 11.8. The molecule has 0 radical (unpaired) electrons. The number of amides is 2. The first-order valence-electron chi connectivity index (χ1n) is 8.44. The fourth-order valence-electron chi connectivity index (χ4n) is 2.66. The van der Waals surface area contributed by atoms with Crippen molar-refractivity contribution >= 4 is 23.5 Å². The van der Waals surface area contributed by atoms with Gasteiger partial charge in [0, 0.05) is 17.7 Å². The number of carboxylic acids is 1. The van der Waals surface area contributed by atoms with Crippen molar-refractivity contribution in [1.82, 2.24) is 5.32 Å². The Labute approximate surface area is 146 Å². The van der Waals surface area contributed by atoms with Crippen molar-refractivity contribution in [3.8, 4) is 0 Å². The van der Waals surface area contributed by atoms with Crippen LogP contribution in [0.2, 0.25) is 0 Å². The topological polar surface area (TPSA) is 105 Å². The van der Waals surface area contributed by atoms with Gasteiger partial charge in [0.1, 0.15) is 6.04 Å². The summed E-state index contributed by atoms with van der Waals surface area (Å²) in [5, 5.41) is 13.9. The second-order valence-electron chi connectivity index (χ2n) is 6.34. The van der Waals surface area contributed by atoms with E-state index in [0.717, 1.165) is 12.8 Å². The third-order valence-electron chi connectivity index (χ3n) is 4.16. The Morgan fingerprint density at radius 2 is 1.92 bits per heavy atom. The quantitative estimate of drug-likeness (QED) is 0.700. The molecule has 0 aliphatic carbocycles. The first kappa shape index (κ1) is 18.9. The summed E-state index contributed by atoms with van der Waals surface area (Å²) >= 11 is 0. The smallest absolute Gasteiger partial charge is 0.325 e. The number of aliphatic carboxylic acids is 1. The molecule has 0 bridgehead atoms. The average Bonchev–Trinajstić information content (AvgIpc) is 2.99. The van der Waals surface area contributed by atoms with E-state index in [4.69, 9.17) is 9.84 Å². The molecular weight excluding hydrogens is 324 g/mol. The van der Waals surface area contributed by atoms with Crippen LogP contribution >= 0.6 is 0 Å². The van der Waals surface area contributed by atoms with Crippen LogP contribution in [-0.2, 0) is 14.3 Å². The van der Waals surface area contributed by atoms with Gasteiger partial charge >= 0.3 is 5.97 Å². The zero-order valence-electron chi connectivity index (χ0n) is 14.5. The third kappa shape index (κ3) is 5.86. The molecule has 136 valence electrons. The molecule has 1 saturated heterocycles. The van der Waals surface area contributed by atoms with Gasteiger partial charge in [0.15, 0.2) is 0 Å². The van der Waals surface area contributed by atoms with E-state index >= 15 is 0 Å². The number of benzene rings is 1. The number of anilines is 1. The van der Waals surface area contributed by atoms with Crippen molar-refractivity contribution in [2.75, 3.05) is 5.32 Å². The minimum atomic E-state index is -1.10. The van der Waals surface area contributed by atoms with Crippen LogP contribution in [0.5, 0.6) is 0 Å². The van der Waals surface area contributed by atoms with Crippen LogP contribution in [0, 0.1) is 0 Å². The van der Waals surface area contributed by atoms with Crippen molar-refractivity contribution in [1.29, 1.82) is 0 Å². The molecule has 7 heteroatoms. The van der Waals surface area contributed by atoms with Crippen LogP contribution in [0.25, 0.3) is 0 Å². The molecule has 2 amide bonds. The van der Waals surface area contributed by atoms with Crippen LogP contribution in [0.1, 0.15) is 49.9 Å². The third-order valence-corrected chi connectivity index (χ3v) is 4.16. The maximum atomic E-state index is 12.0. The van der Waals surface area contributed by atoms with E-state index in [1.807, 2.05) is 6.92 Å². The van der Waals surface area contributed by atoms with Crippen molar-refractivity contribution < 1.29 is 24.2 Å². The number of carbonyl (C=O) groups is 3. The number of hydrogen-bond donors (Lipinski definition) is 3. The lowest BCUT2D eigenvalue weighted by Gasteiger charge is -2.12. The fourth-order valence-corrected chi connectivity index (χ4v) is 2.66. The Morgan fingerprint density at radius 3 is 2.48 bits per heavy atom. The van der Waals surface area contributed by atoms with Gasteiger partial charge in [-0.3, -0.25) is 14.4 Å². The monoisotopic (exact) mass is 348 g/mol. The summed E-state index contributed by atoms with van der Waals surface area (Å²) in [6.45, 7) is 3.43. The molecule has 0 spiro atoms. The van der Waals surface area contributed by atoms with Gasteiger partial charge in [0.25, 0.3) is 5.91 Å². The summed E-state index contributed by atoms with van der Waals surface area (Å²) in [5.41, 5.74) is 0.924. The molecule has 1 fully saturated rings. The highest BCUT2D eigenvalue weighted by Gasteiger charge is 2.22. The molecule has 3 unspecified atom stereocenters. The second kappa shape index (κ2) is 8.62. The molecule has 1 aromatic rings. The summed E-state index contributed by atoms with van der Waals surface area (Å²) in [6, 6.07) is 5.36. The molecule has 0 aromatic heterocycles. The summed E-state index contributed by atoms with van der Waals surface area (Å²) < 4.78 is 5.69. The molecule has 3 N–H and O–H groups in total. The fraction of sp³-hybridized carbons (Fsp3) is 0.500. The Hall–Kier alpha value is -2.41. The van der Waals surface area contributed by atoms with Crippen molar-refractivity contribution in [2.24, 2.45) is 0 Å². The Morgan fingerprint density at radius 1 is 1.24 bits per heavy atom. The van der Waals surface area contributed by atoms with Gasteiger partial charge in [-0.1, -0.05) is 0 Å². The van der Waals surface area contributed by atoms with E-state index in [9.17, 15) is 14.4 Å². The number of ether oxygens (including phenoxy) is 1. The normalized spacial score (nSPS) is 20.7. The van der Waals surface area contributed by atoms with Gasteiger partial charge in [0.05, 0.1) is 12.2 Å². The summed E-state index contributed by atoms with van der Waals surface area (Å²) in [6.07, 6.45) is 3.54. The zero-order valence-corrected chi connectivity index (χ0v) is 14.5. The Kier molecular flexibility index (Phi) is 6.52. The molecule has 1 heterocycles. The highest BCUT2D eigenvalue weighted by Crippen LogP contribution is 2.22. The van der Waals surface area contributed by atoms with Gasteiger partial charge in [-0.25, -0.2) is 0 Å². The lowest BCUT2D eigenvalue weighted by atomic mass is 10.1. The number of nitrogens with one attached hydrogen (secondary N) is 2. The summed E-state index contributed by atoms with van der Waals surface area (Å²) in [4.78, 5) is 34.6. The van der Waals surface area contributed by atoms with E-state index in [2.05, 4.69) is 10.6 Å². The average molecular weight is 348 g/mol. The lowest BCUT2D eigenvalue weighted by molar-refractivity contribution is -0.138. The van der Waals surface area contributed by atoms with E-state index in [1.165, 1.54) is 6.92 Å². The molecule has 0 saturated carbocycles. The number of carboxylic acid groups (broad SMARTS) is 1. The zero-order chi connectivity index (χ0) is 18.4. The maximum absolute atomic E-state index is 12.0. The van der Waals surface area contributed by atoms with Crippen LogP contribution in [0.3, 0.4) is 0 Å². The highest BCUT2D eigenvalue weighted by atomic mass is 16.5. The van der Waals surface area contributed by atoms with Crippen LogP contribution in [-0.4, -0.2) is 41.1 Å². The summed E-state index contributed by atoms with van der Waals surface area (Å²) in [7, 11) is 0. The number of carbonyl (C=O) groups excluding carboxylic acids is 2. The SMILES string of the molecule is CC1CCC(CCC(=O)Nc2ccc(C(=O)NC(C)C(=O)O)cc2)O1. The Balaban J connectivity index is 1.80. The van der Waals surface area contributed by atoms with Crippen LogP contribution < -0.4 is 10.6 Å². The van der Waals surface area contributed by atoms with E-state index in [1.54, 1.807) is 24.3 Å². The van der Waals surface area contributed by atoms with E-state index in [0.29, 0.717) is 24.1 Å². The summed E-state index contributed by atoms with van der Waals surface area (Å²) in [5.74, 6) is -1.67. The van der Waals surface area contributed by atoms with Crippen LogP contribution in [0.4, 0.5) is 5.69 Å². The standard InChI is InChI=1S/C18H24N2O5/c1-11-3-8-15(25-11)9-10-16(21)20-14-6-4-13(5-7-14)17(22)19-12(2)18(23)24/h4-7,11-12,15H,3,8-10H2,1-2H3,(H,19,22)(H,20,21)(H,23,24). The maximum Gasteiger partial charge on any atom is 0.325 e. The predicted octanol–water partition coefficient (Wildman–Crippen LogP) is 2.18. The number of rotatable bonds is 7. The number of hydrogen-bond acceptors (Lipinski definition) is 4. The molecule has 7 nitrogen and oxygen atoms in total. The lowest BCUT2D eigenvalue weighted by Crippen LogP contribution is -2.38. The van der Waals surface area contributed by atoms with Crippen molar-refractivity contribution in [2.45, 2.75) is 57.8 Å². The minimum Gasteiger partial charge on any atom is -0.480 e. The first-order valence-corrected chi connectivity index (χ1v) is 8.44. The van der Waals surface area contributed by atoms with Gasteiger partial charge in [-0.05, 0) is 57.4 Å². The van der Waals surface area contributed by atoms with Gasteiger partial charge in [0.2, 0.25) is 5.91 Å². The molecule has 1 aliphatic heterocycles. The van der Waals surface area contributed by atoms with Crippen molar-refractivity contribution in [3.05, 3.63) is 29.8 Å². The molecule has 2 rings (SSSR count). The molecule has 1 aliphatic rings. The van der Waals surface area contributed by atoms with E-state index < -0.39 is 17.9 Å². The molecular formula is C18H24N2O5. The van der Waals surface area contributed by atoms with E-state index in [-0.39, 0.29) is 18.1 Å². The Bertz CT molecular complexity index is 629.